The average Bonchev–Trinajstić information content (AvgIpc) is 2.77. The van der Waals surface area contributed by atoms with Crippen molar-refractivity contribution in [1.29, 1.82) is 0 Å². The van der Waals surface area contributed by atoms with E-state index in [1.54, 1.807) is 13.2 Å². The van der Waals surface area contributed by atoms with Gasteiger partial charge in [0.15, 0.2) is 11.2 Å². The predicted molar refractivity (Wildman–Crippen MR) is 110 cm³/mol. The first kappa shape index (κ1) is 26.1. The van der Waals surface area contributed by atoms with Gasteiger partial charge in [0.25, 0.3) is 6.43 Å². The molecule has 9 nitrogen and oxygen atoms in total. The number of allylic oxidation sites excluding steroid dienone is 3. The Morgan fingerprint density at radius 2 is 2.03 bits per heavy atom. The molecule has 2 heterocycles. The minimum atomic E-state index is -3.29. The number of halogens is 4. The summed E-state index contributed by atoms with van der Waals surface area (Å²) in [6.07, 6.45) is -0.785. The number of aliphatic imine (C=N–C) groups is 1. The van der Waals surface area contributed by atoms with E-state index in [0.717, 1.165) is 12.2 Å². The van der Waals surface area contributed by atoms with Gasteiger partial charge in [0.1, 0.15) is 36.3 Å². The summed E-state index contributed by atoms with van der Waals surface area (Å²) in [5, 5.41) is 8.57. The molecule has 0 saturated heterocycles. The quantitative estimate of drug-likeness (QED) is 0.401. The molecular weight excluding hydrogens is 452 g/mol. The molecule has 182 valence electrons. The van der Waals surface area contributed by atoms with E-state index in [2.05, 4.69) is 9.98 Å². The second-order valence-corrected chi connectivity index (χ2v) is 7.08. The first-order valence-electron chi connectivity index (χ1n) is 9.58. The van der Waals surface area contributed by atoms with Crippen molar-refractivity contribution in [3.8, 4) is 5.75 Å². The third kappa shape index (κ3) is 5.99. The fourth-order valence-electron chi connectivity index (χ4n) is 3.05. The van der Waals surface area contributed by atoms with Crippen molar-refractivity contribution in [2.24, 2.45) is 16.5 Å². The molecule has 2 aliphatic rings. The van der Waals surface area contributed by atoms with Gasteiger partial charge < -0.3 is 30.8 Å². The topological polar surface area (TPSA) is 142 Å². The third-order valence-electron chi connectivity index (χ3n) is 4.74. The van der Waals surface area contributed by atoms with Crippen molar-refractivity contribution in [2.75, 3.05) is 33.5 Å². The summed E-state index contributed by atoms with van der Waals surface area (Å²) < 4.78 is 70.2. The van der Waals surface area contributed by atoms with Crippen molar-refractivity contribution >= 4 is 11.8 Å². The molecule has 1 aromatic rings. The summed E-state index contributed by atoms with van der Waals surface area (Å²) in [6, 6.07) is 2.95. The molecule has 2 atom stereocenters. The first-order valence-corrected chi connectivity index (χ1v) is 9.58. The maximum Gasteiger partial charge on any atom is 0.354 e. The van der Waals surface area contributed by atoms with E-state index in [-0.39, 0.29) is 23.8 Å². The van der Waals surface area contributed by atoms with Gasteiger partial charge in [-0.05, 0) is 24.3 Å². The summed E-state index contributed by atoms with van der Waals surface area (Å²) in [5.74, 6) is -2.17. The molecule has 1 aliphatic heterocycles. The van der Waals surface area contributed by atoms with Gasteiger partial charge in [-0.1, -0.05) is 0 Å². The first-order chi connectivity index (χ1) is 15.6. The fraction of sp³-hybridized carbons (Fsp3) is 0.450. The van der Waals surface area contributed by atoms with Crippen LogP contribution in [0.25, 0.3) is 0 Å². The molecule has 1 aromatic heterocycles. The summed E-state index contributed by atoms with van der Waals surface area (Å²) in [7, 11) is 1.58. The largest absolute Gasteiger partial charge is 0.490 e. The van der Waals surface area contributed by atoms with Crippen LogP contribution in [0.15, 0.2) is 47.0 Å². The van der Waals surface area contributed by atoms with Gasteiger partial charge >= 0.3 is 5.97 Å². The number of rotatable bonds is 7. The molecule has 33 heavy (non-hydrogen) atoms. The number of pyridine rings is 1. The lowest BCUT2D eigenvalue weighted by atomic mass is 9.75. The van der Waals surface area contributed by atoms with Gasteiger partial charge in [0.05, 0.1) is 19.4 Å². The van der Waals surface area contributed by atoms with Gasteiger partial charge in [0.2, 0.25) is 0 Å². The number of aromatic carboxylic acids is 1. The van der Waals surface area contributed by atoms with Gasteiger partial charge in [-0.25, -0.2) is 27.3 Å². The van der Waals surface area contributed by atoms with E-state index in [4.69, 9.17) is 30.8 Å². The highest BCUT2D eigenvalue weighted by Gasteiger charge is 2.63. The van der Waals surface area contributed by atoms with Crippen molar-refractivity contribution in [3.63, 3.8) is 0 Å². The molecule has 5 N–H and O–H groups in total. The summed E-state index contributed by atoms with van der Waals surface area (Å²) in [6.45, 7) is -0.0527. The maximum atomic E-state index is 14.9. The number of nitrogens with two attached hydrogens (primary N) is 2. The molecule has 3 rings (SSSR count). The molecule has 1 unspecified atom stereocenters. The van der Waals surface area contributed by atoms with Gasteiger partial charge in [0, 0.05) is 19.2 Å². The van der Waals surface area contributed by atoms with Gasteiger partial charge in [-0.2, -0.15) is 0 Å². The van der Waals surface area contributed by atoms with E-state index >= 15 is 0 Å². The van der Waals surface area contributed by atoms with Crippen LogP contribution in [0.5, 0.6) is 5.75 Å². The average molecular weight is 476 g/mol. The number of carboxylic acid groups (broad SMARTS) is 1. The second kappa shape index (κ2) is 11.1. The lowest BCUT2D eigenvalue weighted by Gasteiger charge is -2.43. The van der Waals surface area contributed by atoms with Crippen LogP contribution in [-0.4, -0.2) is 73.1 Å². The Morgan fingerprint density at radius 1 is 1.30 bits per heavy atom. The van der Waals surface area contributed by atoms with Crippen LogP contribution in [0.2, 0.25) is 0 Å². The van der Waals surface area contributed by atoms with Crippen LogP contribution in [0.4, 0.5) is 17.6 Å². The van der Waals surface area contributed by atoms with E-state index in [9.17, 15) is 22.4 Å². The van der Waals surface area contributed by atoms with E-state index in [1.165, 1.54) is 12.3 Å². The number of carbonyl (C=O) groups is 1. The lowest BCUT2D eigenvalue weighted by molar-refractivity contribution is -0.0884. The van der Waals surface area contributed by atoms with E-state index in [1.807, 2.05) is 0 Å². The molecule has 0 saturated carbocycles. The summed E-state index contributed by atoms with van der Waals surface area (Å²) in [4.78, 5) is 17.6. The Morgan fingerprint density at radius 3 is 2.58 bits per heavy atom. The molecule has 13 heteroatoms. The molecule has 0 fully saturated rings. The number of aromatic nitrogens is 1. The number of carboxylic acids is 1. The number of hydrogen-bond acceptors (Lipinski definition) is 8. The number of ether oxygens (including phenoxy) is 3. The third-order valence-corrected chi connectivity index (χ3v) is 4.74. The Balaban J connectivity index is 0.000000245. The lowest BCUT2D eigenvalue weighted by Crippen LogP contribution is -2.62. The van der Waals surface area contributed by atoms with Crippen LogP contribution in [0, 0.1) is 0 Å². The number of alkyl halides is 3. The summed E-state index contributed by atoms with van der Waals surface area (Å²) >= 11 is 0. The summed E-state index contributed by atoms with van der Waals surface area (Å²) in [5.41, 5.74) is 4.92. The predicted octanol–water partition coefficient (Wildman–Crippen LogP) is 1.99. The van der Waals surface area contributed by atoms with E-state index < -0.39 is 42.5 Å². The molecule has 0 amide bonds. The molecule has 0 radical (unpaired) electrons. The zero-order chi connectivity index (χ0) is 24.6. The maximum absolute atomic E-state index is 14.9. The van der Waals surface area contributed by atoms with Crippen LogP contribution in [0.1, 0.15) is 16.9 Å². The Kier molecular flexibility index (Phi) is 8.76. The molecule has 0 aromatic carbocycles. The van der Waals surface area contributed by atoms with Crippen molar-refractivity contribution < 1.29 is 41.7 Å². The highest BCUT2D eigenvalue weighted by Crippen LogP contribution is 2.47. The normalized spacial score (nSPS) is 24.7. The van der Waals surface area contributed by atoms with Crippen molar-refractivity contribution in [2.45, 2.75) is 24.1 Å². The highest BCUT2D eigenvalue weighted by atomic mass is 19.3. The number of methoxy groups -OCH3 is 1. The van der Waals surface area contributed by atoms with Crippen LogP contribution < -0.4 is 16.2 Å². The monoisotopic (exact) mass is 476 g/mol. The van der Waals surface area contributed by atoms with Crippen molar-refractivity contribution in [3.05, 3.63) is 47.7 Å². The fourth-order valence-corrected chi connectivity index (χ4v) is 3.05. The number of amidine groups is 1. The smallest absolute Gasteiger partial charge is 0.354 e. The molecule has 0 spiro atoms. The molecule has 1 aliphatic carbocycles. The van der Waals surface area contributed by atoms with Crippen LogP contribution in [0.3, 0.4) is 0 Å². The second-order valence-electron chi connectivity index (χ2n) is 7.08. The SMILES string of the molecule is COCCOc1ccc(C(=O)O)nc1.NC1=CC=C(F)C(F)([C@@]2(C(F)F)COCC(N)=N2)C1. The zero-order valence-corrected chi connectivity index (χ0v) is 17.6. The Bertz CT molecular complexity index is 926. The van der Waals surface area contributed by atoms with Crippen LogP contribution >= 0.6 is 0 Å². The number of hydrogen-bond donors (Lipinski definition) is 3. The standard InChI is InChI=1S/C11H13F4N3O.C9H11NO4/c12-7-2-1-6(16)3-10(7,15)11(9(13)14)5-19-4-8(17)18-11;1-13-4-5-14-7-2-3-8(9(11)12)10-6-7/h1-2,9H,3-5,16H2,(H2,17,18);2-3,6H,4-5H2,1H3,(H,11,12)/t10?,11-;/m0./s1. The molecule has 0 bridgehead atoms. The number of nitrogens with zero attached hydrogens (tertiary/aromatic N) is 2. The van der Waals surface area contributed by atoms with Crippen LogP contribution in [-0.2, 0) is 9.47 Å². The van der Waals surface area contributed by atoms with Crippen molar-refractivity contribution in [1.82, 2.24) is 4.98 Å². The van der Waals surface area contributed by atoms with Gasteiger partial charge in [-0.15, -0.1) is 0 Å². The zero-order valence-electron chi connectivity index (χ0n) is 17.6. The minimum Gasteiger partial charge on any atom is -0.490 e. The minimum absolute atomic E-state index is 0.00379. The Labute approximate surface area is 186 Å². The Hall–Kier alpha value is -3.19. The molecular formula is C20H24F4N4O5. The highest BCUT2D eigenvalue weighted by molar-refractivity contribution is 5.85. The van der Waals surface area contributed by atoms with Gasteiger partial charge in [-0.3, -0.25) is 4.99 Å². The van der Waals surface area contributed by atoms with E-state index in [0.29, 0.717) is 19.0 Å².